The van der Waals surface area contributed by atoms with Gasteiger partial charge in [-0.2, -0.15) is 0 Å². The second kappa shape index (κ2) is 17.9. The maximum atomic E-state index is 13.0. The van der Waals surface area contributed by atoms with Crippen molar-refractivity contribution in [3.05, 3.63) is 113 Å². The maximum absolute atomic E-state index is 13.0. The van der Waals surface area contributed by atoms with Crippen molar-refractivity contribution in [2.45, 2.75) is 96.3 Å². The molecule has 2 aromatic heterocycles. The van der Waals surface area contributed by atoms with Crippen molar-refractivity contribution in [2.75, 3.05) is 0 Å². The molecule has 4 aromatic rings. The highest BCUT2D eigenvalue weighted by atomic mass is 35.5. The van der Waals surface area contributed by atoms with Crippen LogP contribution in [0.1, 0.15) is 96.8 Å². The smallest absolute Gasteiger partial charge is 0.256 e. The predicted molar refractivity (Wildman–Crippen MR) is 217 cm³/mol. The summed E-state index contributed by atoms with van der Waals surface area (Å²) >= 11 is 9.07. The molecule has 2 N–H and O–H groups in total. The van der Waals surface area contributed by atoms with Crippen molar-refractivity contribution >= 4 is 81.3 Å². The Morgan fingerprint density at radius 1 is 0.712 bits per heavy atom. The third-order valence-corrected chi connectivity index (χ3v) is 13.6. The summed E-state index contributed by atoms with van der Waals surface area (Å²) in [6.07, 6.45) is 3.50. The van der Waals surface area contributed by atoms with E-state index in [4.69, 9.17) is 11.6 Å². The molecule has 4 aliphatic heterocycles. The van der Waals surface area contributed by atoms with Crippen LogP contribution in [-0.2, 0) is 67.5 Å². The zero-order chi connectivity index (χ0) is 42.0. The molecule has 12 nitrogen and oxygen atoms in total. The number of halogens is 2. The van der Waals surface area contributed by atoms with Crippen LogP contribution in [0.4, 0.5) is 4.39 Å². The lowest BCUT2D eigenvalue weighted by Gasteiger charge is -2.29. The van der Waals surface area contributed by atoms with Gasteiger partial charge in [-0.3, -0.25) is 49.0 Å². The van der Waals surface area contributed by atoms with Gasteiger partial charge in [0.1, 0.15) is 29.5 Å². The third-order valence-electron chi connectivity index (χ3n) is 11.0. The zero-order valence-electron chi connectivity index (χ0n) is 32.1. The van der Waals surface area contributed by atoms with Gasteiger partial charge in [0.2, 0.25) is 23.6 Å². The molecule has 2 unspecified atom stereocenters. The number of carbonyl (C=O) groups excluding carboxylic acids is 8. The van der Waals surface area contributed by atoms with Gasteiger partial charge in [0, 0.05) is 77.2 Å². The van der Waals surface area contributed by atoms with Crippen LogP contribution < -0.4 is 10.6 Å². The highest BCUT2D eigenvalue weighted by molar-refractivity contribution is 7.10. The summed E-state index contributed by atoms with van der Waals surface area (Å²) in [6.45, 7) is 2.59. The first kappa shape index (κ1) is 41.8. The molecule has 2 atom stereocenters. The van der Waals surface area contributed by atoms with E-state index in [0.29, 0.717) is 74.2 Å². The van der Waals surface area contributed by atoms with E-state index in [1.54, 1.807) is 22.4 Å². The molecule has 306 valence electrons. The highest BCUT2D eigenvalue weighted by Crippen LogP contribution is 2.36. The number of piperidine rings is 2. The molecule has 59 heavy (non-hydrogen) atoms. The van der Waals surface area contributed by atoms with Gasteiger partial charge in [-0.15, -0.1) is 22.7 Å². The van der Waals surface area contributed by atoms with Gasteiger partial charge in [-0.25, -0.2) is 4.39 Å². The van der Waals surface area contributed by atoms with Gasteiger partial charge in [0.25, 0.3) is 11.8 Å². The first-order valence-corrected chi connectivity index (χ1v) is 21.4. The van der Waals surface area contributed by atoms with Gasteiger partial charge >= 0.3 is 0 Å². The fourth-order valence-electron chi connectivity index (χ4n) is 7.71. The Kier molecular flexibility index (Phi) is 12.6. The Hall–Kier alpha value is -5.38. The predicted octanol–water partition coefficient (Wildman–Crippen LogP) is 5.61. The fourth-order valence-corrected chi connectivity index (χ4v) is 10.00. The maximum Gasteiger partial charge on any atom is 0.256 e. The number of benzene rings is 2. The molecule has 0 saturated carbocycles. The number of Topliss-reactive ketones (excluding diaryl/α,β-unsaturated/α-hetero) is 2. The summed E-state index contributed by atoms with van der Waals surface area (Å²) in [5, 5.41) is 8.84. The van der Waals surface area contributed by atoms with Crippen molar-refractivity contribution < 1.29 is 42.7 Å². The van der Waals surface area contributed by atoms with Crippen molar-refractivity contribution in [1.29, 1.82) is 0 Å². The number of thiophene rings is 2. The lowest BCUT2D eigenvalue weighted by Crippen LogP contribution is -2.52. The molecule has 0 aliphatic carbocycles. The summed E-state index contributed by atoms with van der Waals surface area (Å²) in [5.41, 5.74) is 5.61. The lowest BCUT2D eigenvalue weighted by molar-refractivity contribution is -0.138. The molecule has 2 fully saturated rings. The van der Waals surface area contributed by atoms with Crippen LogP contribution in [0.3, 0.4) is 0 Å². The van der Waals surface area contributed by atoms with Crippen LogP contribution in [0, 0.1) is 12.7 Å². The Balaban J connectivity index is 0.000000179. The second-order valence-electron chi connectivity index (χ2n) is 15.0. The molecular weight excluding hydrogens is 819 g/mol. The number of rotatable bonds is 12. The Labute approximate surface area is 352 Å². The lowest BCUT2D eigenvalue weighted by atomic mass is 10.0. The normalized spacial score (nSPS) is 18.6. The SMILES string of the molecule is Cc1ccc(CC(=O)CCc2scc3c2CN(C2CCC(=O)NC2=O)C3=O)cc1Cl.O=C(CCc1scc2c1CN(C1CCC(=O)NC1=O)C2=O)Cc1ccc(F)cc1. The molecule has 16 heteroatoms. The number of fused-ring (bicyclic) bond motifs is 2. The van der Waals surface area contributed by atoms with Crippen molar-refractivity contribution in [3.63, 3.8) is 0 Å². The first-order chi connectivity index (χ1) is 28.2. The topological polar surface area (TPSA) is 167 Å². The number of imide groups is 2. The molecule has 6 amide bonds. The number of carbonyl (C=O) groups is 8. The van der Waals surface area contributed by atoms with Crippen LogP contribution >= 0.6 is 34.3 Å². The van der Waals surface area contributed by atoms with E-state index in [9.17, 15) is 42.7 Å². The summed E-state index contributed by atoms with van der Waals surface area (Å²) in [5.74, 6) is -2.01. The first-order valence-electron chi connectivity index (χ1n) is 19.3. The minimum Gasteiger partial charge on any atom is -0.322 e. The summed E-state index contributed by atoms with van der Waals surface area (Å²) in [6, 6.07) is 10.3. The minimum absolute atomic E-state index is 0.0464. The van der Waals surface area contributed by atoms with E-state index in [2.05, 4.69) is 10.6 Å². The summed E-state index contributed by atoms with van der Waals surface area (Å²) in [7, 11) is 0. The highest BCUT2D eigenvalue weighted by Gasteiger charge is 2.42. The van der Waals surface area contributed by atoms with E-state index in [0.717, 1.165) is 37.6 Å². The standard InChI is InChI=1S/C22H21ClN2O4S.C21H19FN2O4S/c1-12-2-3-13(9-17(12)23)8-14(26)4-6-19-15-10-25(22(29)16(15)11-30-19)18-5-7-20(27)24-21(18)28;22-13-3-1-12(2-4-13)9-14(25)5-7-18-15-10-24(21(28)16(15)11-29-18)17-6-8-19(26)23-20(17)27/h2-3,9,11,18H,4-8,10H2,1H3,(H,24,27,28);1-4,11,17H,5-10H2,(H,23,26,27). The van der Waals surface area contributed by atoms with E-state index in [-0.39, 0.29) is 60.3 Å². The Bertz CT molecular complexity index is 2390. The van der Waals surface area contributed by atoms with Crippen LogP contribution in [0.25, 0.3) is 0 Å². The van der Waals surface area contributed by atoms with Crippen LogP contribution in [0.2, 0.25) is 5.02 Å². The largest absolute Gasteiger partial charge is 0.322 e. The van der Waals surface area contributed by atoms with Gasteiger partial charge in [-0.05, 0) is 78.6 Å². The number of nitrogens with one attached hydrogen (secondary N) is 2. The van der Waals surface area contributed by atoms with Crippen molar-refractivity contribution in [1.82, 2.24) is 20.4 Å². The van der Waals surface area contributed by atoms with E-state index < -0.39 is 23.9 Å². The molecule has 6 heterocycles. The molecular formula is C43H40ClFN4O8S2. The fraction of sp³-hybridized carbons (Fsp3) is 0.349. The van der Waals surface area contributed by atoms with Gasteiger partial charge < -0.3 is 9.80 Å². The van der Waals surface area contributed by atoms with Crippen LogP contribution in [0.15, 0.2) is 53.2 Å². The van der Waals surface area contributed by atoms with Gasteiger partial charge in [-0.1, -0.05) is 35.9 Å². The minimum atomic E-state index is -0.634. The van der Waals surface area contributed by atoms with E-state index in [1.165, 1.54) is 39.7 Å². The van der Waals surface area contributed by atoms with E-state index >= 15 is 0 Å². The average molecular weight is 859 g/mol. The molecule has 0 radical (unpaired) electrons. The van der Waals surface area contributed by atoms with Gasteiger partial charge in [0.05, 0.1) is 11.1 Å². The third kappa shape index (κ3) is 9.42. The zero-order valence-corrected chi connectivity index (χ0v) is 34.5. The molecule has 8 rings (SSSR count). The molecule has 2 aromatic carbocycles. The number of hydrogen-bond acceptors (Lipinski definition) is 10. The molecule has 0 spiro atoms. The van der Waals surface area contributed by atoms with Crippen LogP contribution in [-0.4, -0.2) is 68.9 Å². The summed E-state index contributed by atoms with van der Waals surface area (Å²) < 4.78 is 13.0. The van der Waals surface area contributed by atoms with Crippen molar-refractivity contribution in [2.24, 2.45) is 0 Å². The molecule has 0 bridgehead atoms. The number of amides is 6. The number of ketones is 2. The number of nitrogens with zero attached hydrogens (tertiary/aromatic N) is 2. The Morgan fingerprint density at radius 3 is 1.63 bits per heavy atom. The average Bonchev–Trinajstić information content (AvgIpc) is 3.95. The van der Waals surface area contributed by atoms with Crippen molar-refractivity contribution in [3.8, 4) is 0 Å². The number of hydrogen-bond donors (Lipinski definition) is 2. The summed E-state index contributed by atoms with van der Waals surface area (Å²) in [4.78, 5) is 102. The van der Waals surface area contributed by atoms with Gasteiger partial charge in [0.15, 0.2) is 0 Å². The van der Waals surface area contributed by atoms with Crippen LogP contribution in [0.5, 0.6) is 0 Å². The second-order valence-corrected chi connectivity index (χ2v) is 17.4. The van der Waals surface area contributed by atoms with E-state index in [1.807, 2.05) is 30.5 Å². The Morgan fingerprint density at radius 2 is 1.17 bits per heavy atom. The quantitative estimate of drug-likeness (QED) is 0.174. The monoisotopic (exact) mass is 858 g/mol. The molecule has 2 saturated heterocycles. The number of aryl methyl sites for hydroxylation is 3. The molecule has 4 aliphatic rings.